The number of anilines is 1. The van der Waals surface area contributed by atoms with Crippen LogP contribution in [0.4, 0.5) is 10.5 Å². The highest BCUT2D eigenvalue weighted by atomic mass is 16.4. The second-order valence-electron chi connectivity index (χ2n) is 4.75. The van der Waals surface area contributed by atoms with E-state index in [4.69, 9.17) is 0 Å². The fourth-order valence-electron chi connectivity index (χ4n) is 1.86. The average Bonchev–Trinajstić information content (AvgIpc) is 2.93. The summed E-state index contributed by atoms with van der Waals surface area (Å²) in [5.74, 6) is -1.08. The second-order valence-corrected chi connectivity index (χ2v) is 4.75. The van der Waals surface area contributed by atoms with Crippen molar-refractivity contribution in [3.63, 3.8) is 0 Å². The van der Waals surface area contributed by atoms with Crippen LogP contribution in [0.15, 0.2) is 30.6 Å². The molecule has 0 spiro atoms. The van der Waals surface area contributed by atoms with Crippen molar-refractivity contribution in [2.45, 2.75) is 13.5 Å². The van der Waals surface area contributed by atoms with Gasteiger partial charge in [-0.15, -0.1) is 0 Å². The molecule has 0 unspecified atom stereocenters. The maximum atomic E-state index is 12.1. The first-order valence-corrected chi connectivity index (χ1v) is 6.31. The quantitative estimate of drug-likeness (QED) is 0.802. The minimum absolute atomic E-state index is 0.0695. The van der Waals surface area contributed by atoms with E-state index in [1.54, 1.807) is 38.5 Å². The van der Waals surface area contributed by atoms with Crippen molar-refractivity contribution in [3.05, 3.63) is 47.3 Å². The lowest BCUT2D eigenvalue weighted by atomic mass is 10.1. The maximum absolute atomic E-state index is 12.1. The molecule has 1 aromatic heterocycles. The van der Waals surface area contributed by atoms with E-state index >= 15 is 0 Å². The lowest BCUT2D eigenvalue weighted by molar-refractivity contribution is 0.0698. The van der Waals surface area contributed by atoms with E-state index in [0.29, 0.717) is 6.54 Å². The number of benzene rings is 1. The third kappa shape index (κ3) is 3.59. The molecule has 2 amide bonds. The molecule has 1 heterocycles. The number of nitrogens with zero attached hydrogens (tertiary/aromatic N) is 2. The molecule has 2 rings (SSSR count). The number of urea groups is 1. The zero-order valence-electron chi connectivity index (χ0n) is 11.8. The number of aromatic nitrogens is 2. The fraction of sp³-hybridized carbons (Fsp3) is 0.214. The van der Waals surface area contributed by atoms with Gasteiger partial charge >= 0.3 is 12.0 Å². The summed E-state index contributed by atoms with van der Waals surface area (Å²) < 4.78 is 0. The summed E-state index contributed by atoms with van der Waals surface area (Å²) in [6.07, 6.45) is 3.32. The Morgan fingerprint density at radius 2 is 2.19 bits per heavy atom. The Balaban J connectivity index is 2.10. The summed E-state index contributed by atoms with van der Waals surface area (Å²) in [5.41, 5.74) is 2.02. The molecule has 7 nitrogen and oxygen atoms in total. The fourth-order valence-corrected chi connectivity index (χ4v) is 1.86. The van der Waals surface area contributed by atoms with Crippen molar-refractivity contribution in [1.82, 2.24) is 15.1 Å². The van der Waals surface area contributed by atoms with Gasteiger partial charge in [0.05, 0.1) is 24.0 Å². The minimum Gasteiger partial charge on any atom is -0.478 e. The number of nitrogens with one attached hydrogen (secondary N) is 2. The summed E-state index contributed by atoms with van der Waals surface area (Å²) in [5, 5.41) is 18.3. The van der Waals surface area contributed by atoms with Crippen LogP contribution in [0.1, 0.15) is 21.5 Å². The van der Waals surface area contributed by atoms with Gasteiger partial charge in [-0.05, 0) is 19.1 Å². The number of amides is 2. The standard InChI is InChI=1S/C14H16N4O3/c1-9-3-4-12(11(5-9)13(19)20)17-14(21)18(2)8-10-6-15-16-7-10/h3-7H,8H2,1-2H3,(H,15,16)(H,17,21)(H,19,20). The van der Waals surface area contributed by atoms with E-state index in [9.17, 15) is 14.7 Å². The highest BCUT2D eigenvalue weighted by molar-refractivity contribution is 6.00. The van der Waals surface area contributed by atoms with E-state index in [2.05, 4.69) is 15.5 Å². The summed E-state index contributed by atoms with van der Waals surface area (Å²) >= 11 is 0. The second kappa shape index (κ2) is 6.08. The van der Waals surface area contributed by atoms with Crippen LogP contribution in [-0.4, -0.2) is 39.3 Å². The number of hydrogen-bond donors (Lipinski definition) is 3. The van der Waals surface area contributed by atoms with Gasteiger partial charge < -0.3 is 15.3 Å². The lowest BCUT2D eigenvalue weighted by Crippen LogP contribution is -2.31. The molecule has 110 valence electrons. The molecular weight excluding hydrogens is 272 g/mol. The number of aryl methyl sites for hydroxylation is 1. The van der Waals surface area contributed by atoms with Crippen LogP contribution in [0.25, 0.3) is 0 Å². The topological polar surface area (TPSA) is 98.3 Å². The van der Waals surface area contributed by atoms with Crippen LogP contribution in [0.3, 0.4) is 0 Å². The van der Waals surface area contributed by atoms with Gasteiger partial charge in [0, 0.05) is 18.8 Å². The molecular formula is C14H16N4O3. The number of H-pyrrole nitrogens is 1. The summed E-state index contributed by atoms with van der Waals surface area (Å²) in [6, 6.07) is 4.47. The maximum Gasteiger partial charge on any atom is 0.337 e. The molecule has 0 fully saturated rings. The molecule has 0 saturated heterocycles. The van der Waals surface area contributed by atoms with Gasteiger partial charge in [-0.1, -0.05) is 11.6 Å². The highest BCUT2D eigenvalue weighted by Gasteiger charge is 2.15. The van der Waals surface area contributed by atoms with Crippen molar-refractivity contribution < 1.29 is 14.7 Å². The first kappa shape index (κ1) is 14.6. The van der Waals surface area contributed by atoms with Crippen molar-refractivity contribution in [2.75, 3.05) is 12.4 Å². The van der Waals surface area contributed by atoms with E-state index in [0.717, 1.165) is 11.1 Å². The monoisotopic (exact) mass is 288 g/mol. The van der Waals surface area contributed by atoms with Crippen LogP contribution in [0.2, 0.25) is 0 Å². The number of carbonyl (C=O) groups is 2. The molecule has 0 atom stereocenters. The minimum atomic E-state index is -1.08. The van der Waals surface area contributed by atoms with Gasteiger partial charge in [-0.2, -0.15) is 5.10 Å². The zero-order chi connectivity index (χ0) is 15.4. The van der Waals surface area contributed by atoms with Gasteiger partial charge in [-0.25, -0.2) is 9.59 Å². The number of aromatic carboxylic acids is 1. The van der Waals surface area contributed by atoms with Gasteiger partial charge in [0.1, 0.15) is 0 Å². The van der Waals surface area contributed by atoms with E-state index in [-0.39, 0.29) is 17.3 Å². The van der Waals surface area contributed by atoms with Crippen LogP contribution in [0.5, 0.6) is 0 Å². The molecule has 7 heteroatoms. The largest absolute Gasteiger partial charge is 0.478 e. The smallest absolute Gasteiger partial charge is 0.337 e. The first-order chi connectivity index (χ1) is 9.97. The first-order valence-electron chi connectivity index (χ1n) is 6.31. The normalized spacial score (nSPS) is 10.2. The third-order valence-electron chi connectivity index (χ3n) is 2.97. The SMILES string of the molecule is Cc1ccc(NC(=O)N(C)Cc2cn[nH]c2)c(C(=O)O)c1. The number of carboxylic acid groups (broad SMARTS) is 1. The molecule has 0 saturated carbocycles. The predicted octanol–water partition coefficient (Wildman–Crippen LogP) is 2.08. The van der Waals surface area contributed by atoms with Crippen molar-refractivity contribution in [2.24, 2.45) is 0 Å². The number of rotatable bonds is 4. The molecule has 0 aliphatic heterocycles. The average molecular weight is 288 g/mol. The molecule has 0 aliphatic carbocycles. The molecule has 1 aromatic carbocycles. The van der Waals surface area contributed by atoms with Gasteiger partial charge in [-0.3, -0.25) is 5.10 Å². The summed E-state index contributed by atoms with van der Waals surface area (Å²) in [7, 11) is 1.62. The lowest BCUT2D eigenvalue weighted by Gasteiger charge is -2.18. The van der Waals surface area contributed by atoms with E-state index in [1.165, 1.54) is 11.0 Å². The Hall–Kier alpha value is -2.83. The highest BCUT2D eigenvalue weighted by Crippen LogP contribution is 2.18. The van der Waals surface area contributed by atoms with Crippen molar-refractivity contribution in [1.29, 1.82) is 0 Å². The van der Waals surface area contributed by atoms with Crippen LogP contribution in [0, 0.1) is 6.92 Å². The van der Waals surface area contributed by atoms with E-state index in [1.807, 2.05) is 0 Å². The Morgan fingerprint density at radius 1 is 1.43 bits per heavy atom. The zero-order valence-corrected chi connectivity index (χ0v) is 11.8. The molecule has 21 heavy (non-hydrogen) atoms. The molecule has 0 aliphatic rings. The van der Waals surface area contributed by atoms with E-state index < -0.39 is 5.97 Å². The summed E-state index contributed by atoms with van der Waals surface area (Å²) in [4.78, 5) is 24.7. The van der Waals surface area contributed by atoms with Crippen LogP contribution in [-0.2, 0) is 6.54 Å². The van der Waals surface area contributed by atoms with Gasteiger partial charge in [0.2, 0.25) is 0 Å². The number of carboxylic acids is 1. The Kier molecular flexibility index (Phi) is 4.22. The number of carbonyl (C=O) groups excluding carboxylic acids is 1. The van der Waals surface area contributed by atoms with Crippen LogP contribution < -0.4 is 5.32 Å². The van der Waals surface area contributed by atoms with Crippen LogP contribution >= 0.6 is 0 Å². The van der Waals surface area contributed by atoms with Crippen molar-refractivity contribution >= 4 is 17.7 Å². The van der Waals surface area contributed by atoms with Crippen molar-refractivity contribution in [3.8, 4) is 0 Å². The molecule has 0 radical (unpaired) electrons. The predicted molar refractivity (Wildman–Crippen MR) is 77.2 cm³/mol. The molecule has 3 N–H and O–H groups in total. The number of hydrogen-bond acceptors (Lipinski definition) is 3. The Bertz CT molecular complexity index is 652. The molecule has 0 bridgehead atoms. The third-order valence-corrected chi connectivity index (χ3v) is 2.97. The molecule has 2 aromatic rings. The number of aromatic amines is 1. The Labute approximate surface area is 121 Å². The Morgan fingerprint density at radius 3 is 2.81 bits per heavy atom. The van der Waals surface area contributed by atoms with Gasteiger partial charge in [0.25, 0.3) is 0 Å². The summed E-state index contributed by atoms with van der Waals surface area (Å²) in [6.45, 7) is 2.17. The van der Waals surface area contributed by atoms with Gasteiger partial charge in [0.15, 0.2) is 0 Å².